The van der Waals surface area contributed by atoms with Crippen molar-refractivity contribution >= 4 is 0 Å². The van der Waals surface area contributed by atoms with Crippen LogP contribution in [0.15, 0.2) is 48.5 Å². The van der Waals surface area contributed by atoms with Crippen LogP contribution in [0.5, 0.6) is 0 Å². The molecule has 2 fully saturated rings. The van der Waals surface area contributed by atoms with Gasteiger partial charge in [0, 0.05) is 0 Å². The summed E-state index contributed by atoms with van der Waals surface area (Å²) in [7, 11) is 0. The van der Waals surface area contributed by atoms with E-state index in [2.05, 4.69) is 67.3 Å². The van der Waals surface area contributed by atoms with E-state index in [1.807, 2.05) is 0 Å². The first-order chi connectivity index (χ1) is 11.6. The molecule has 0 saturated carbocycles. The van der Waals surface area contributed by atoms with E-state index in [4.69, 9.17) is 9.47 Å². The van der Waals surface area contributed by atoms with Crippen molar-refractivity contribution < 1.29 is 14.6 Å². The Hall–Kier alpha value is -1.72. The van der Waals surface area contributed by atoms with Crippen molar-refractivity contribution in [3.8, 4) is 0 Å². The van der Waals surface area contributed by atoms with E-state index >= 15 is 0 Å². The maximum Gasteiger partial charge on any atom is 0.139 e. The van der Waals surface area contributed by atoms with Crippen LogP contribution in [0.4, 0.5) is 0 Å². The first-order valence-corrected chi connectivity index (χ1v) is 8.39. The summed E-state index contributed by atoms with van der Waals surface area (Å²) >= 11 is 0. The number of aliphatic hydroxyl groups is 1. The fraction of sp³-hybridized carbons (Fsp3) is 0.400. The Balaban J connectivity index is 1.72. The number of rotatable bonds is 3. The van der Waals surface area contributed by atoms with Gasteiger partial charge in [-0.2, -0.15) is 0 Å². The van der Waals surface area contributed by atoms with Gasteiger partial charge in [0.2, 0.25) is 0 Å². The minimum Gasteiger partial charge on any atom is -0.394 e. The number of aliphatic hydroxyl groups excluding tert-OH is 1. The van der Waals surface area contributed by atoms with E-state index in [0.717, 1.165) is 11.1 Å². The van der Waals surface area contributed by atoms with Crippen LogP contribution in [0.3, 0.4) is 0 Å². The molecule has 2 saturated heterocycles. The minimum absolute atomic E-state index is 0.0255. The average Bonchev–Trinajstić information content (AvgIpc) is 3.14. The molecular formula is C20H23NO3. The Bertz CT molecular complexity index is 653. The maximum atomic E-state index is 10.0. The summed E-state index contributed by atoms with van der Waals surface area (Å²) in [6.45, 7) is 5.13. The summed E-state index contributed by atoms with van der Waals surface area (Å²) in [5, 5.41) is 10.0. The molecule has 2 heterocycles. The quantitative estimate of drug-likeness (QED) is 0.942. The summed E-state index contributed by atoms with van der Waals surface area (Å²) in [4.78, 5) is 2.20. The average molecular weight is 325 g/mol. The fourth-order valence-corrected chi connectivity index (χ4v) is 3.59. The van der Waals surface area contributed by atoms with E-state index in [1.54, 1.807) is 0 Å². The van der Waals surface area contributed by atoms with Gasteiger partial charge in [-0.05, 0) is 25.0 Å². The molecule has 4 nitrogen and oxygen atoms in total. The van der Waals surface area contributed by atoms with E-state index < -0.39 is 5.54 Å². The Kier molecular flexibility index (Phi) is 3.93. The van der Waals surface area contributed by atoms with Crippen molar-refractivity contribution in [2.75, 3.05) is 19.8 Å². The van der Waals surface area contributed by atoms with Crippen LogP contribution in [0, 0.1) is 13.8 Å². The van der Waals surface area contributed by atoms with Gasteiger partial charge in [0.25, 0.3) is 0 Å². The predicted molar refractivity (Wildman–Crippen MR) is 91.4 cm³/mol. The van der Waals surface area contributed by atoms with Gasteiger partial charge in [-0.15, -0.1) is 0 Å². The maximum absolute atomic E-state index is 10.0. The first-order valence-electron chi connectivity index (χ1n) is 8.39. The molecule has 2 atom stereocenters. The summed E-state index contributed by atoms with van der Waals surface area (Å²) in [5.41, 5.74) is 4.17. The second-order valence-electron chi connectivity index (χ2n) is 6.94. The third kappa shape index (κ3) is 2.47. The van der Waals surface area contributed by atoms with Gasteiger partial charge < -0.3 is 14.6 Å². The van der Waals surface area contributed by atoms with Gasteiger partial charge in [0.1, 0.15) is 12.5 Å². The fourth-order valence-electron chi connectivity index (χ4n) is 3.59. The van der Waals surface area contributed by atoms with Crippen LogP contribution in [0.25, 0.3) is 0 Å². The summed E-state index contributed by atoms with van der Waals surface area (Å²) in [6, 6.07) is 16.8. The van der Waals surface area contributed by atoms with Gasteiger partial charge in [-0.3, -0.25) is 0 Å². The molecule has 0 aliphatic carbocycles. The molecule has 4 heteroatoms. The van der Waals surface area contributed by atoms with Crippen LogP contribution in [0.1, 0.15) is 34.7 Å². The predicted octanol–water partition coefficient (Wildman–Crippen LogP) is 3.09. The molecule has 0 aromatic heterocycles. The van der Waals surface area contributed by atoms with E-state index in [9.17, 15) is 5.11 Å². The topological polar surface area (TPSA) is 41.9 Å². The summed E-state index contributed by atoms with van der Waals surface area (Å²) < 4.78 is 12.2. The molecule has 2 aromatic rings. The van der Waals surface area contributed by atoms with Crippen molar-refractivity contribution in [2.24, 2.45) is 0 Å². The molecule has 2 aliphatic rings. The number of fused-ring (bicyclic) bond motifs is 1. The molecule has 2 aliphatic heterocycles. The highest BCUT2D eigenvalue weighted by Gasteiger charge is 2.56. The van der Waals surface area contributed by atoms with Crippen LogP contribution in [-0.4, -0.2) is 35.4 Å². The second kappa shape index (κ2) is 5.97. The zero-order valence-corrected chi connectivity index (χ0v) is 14.1. The Morgan fingerprint density at radius 3 is 1.67 bits per heavy atom. The van der Waals surface area contributed by atoms with Gasteiger partial charge in [0.05, 0.1) is 25.4 Å². The Morgan fingerprint density at radius 1 is 0.875 bits per heavy atom. The minimum atomic E-state index is -0.467. The first kappa shape index (κ1) is 15.8. The van der Waals surface area contributed by atoms with E-state index in [-0.39, 0.29) is 19.1 Å². The highest BCUT2D eigenvalue weighted by Crippen LogP contribution is 2.48. The van der Waals surface area contributed by atoms with Gasteiger partial charge in [0.15, 0.2) is 0 Å². The lowest BCUT2D eigenvalue weighted by Crippen LogP contribution is -2.47. The van der Waals surface area contributed by atoms with E-state index in [0.29, 0.717) is 13.2 Å². The number of nitrogens with zero attached hydrogens (tertiary/aromatic N) is 1. The van der Waals surface area contributed by atoms with Crippen molar-refractivity contribution in [3.63, 3.8) is 0 Å². The summed E-state index contributed by atoms with van der Waals surface area (Å²) in [5.74, 6) is 0. The van der Waals surface area contributed by atoms with Crippen LogP contribution in [0.2, 0.25) is 0 Å². The number of benzene rings is 2. The molecule has 0 amide bonds. The number of ether oxygens (including phenoxy) is 2. The summed E-state index contributed by atoms with van der Waals surface area (Å²) in [6.07, 6.45) is -0.405. The highest BCUT2D eigenvalue weighted by molar-refractivity contribution is 5.28. The number of aryl methyl sites for hydroxylation is 2. The van der Waals surface area contributed by atoms with Crippen molar-refractivity contribution in [1.82, 2.24) is 4.90 Å². The molecule has 2 aromatic carbocycles. The Labute approximate surface area is 142 Å². The van der Waals surface area contributed by atoms with Crippen molar-refractivity contribution in [3.05, 3.63) is 70.8 Å². The smallest absolute Gasteiger partial charge is 0.139 e. The zero-order valence-electron chi connectivity index (χ0n) is 14.1. The van der Waals surface area contributed by atoms with E-state index in [1.165, 1.54) is 11.1 Å². The second-order valence-corrected chi connectivity index (χ2v) is 6.94. The largest absolute Gasteiger partial charge is 0.394 e. The normalized spacial score (nSPS) is 25.8. The third-order valence-electron chi connectivity index (χ3n) is 5.09. The molecule has 0 bridgehead atoms. The monoisotopic (exact) mass is 325 g/mol. The number of hydrogen-bond acceptors (Lipinski definition) is 4. The molecule has 0 spiro atoms. The highest BCUT2D eigenvalue weighted by atomic mass is 16.6. The molecule has 4 rings (SSSR count). The third-order valence-corrected chi connectivity index (χ3v) is 5.09. The zero-order chi connectivity index (χ0) is 16.7. The van der Waals surface area contributed by atoms with Gasteiger partial charge in [-0.25, -0.2) is 4.90 Å². The SMILES string of the molecule is Cc1ccc([C@H]2OCC3(CO)CO[C@H](c4ccc(C)cc4)N23)cc1. The van der Waals surface area contributed by atoms with Crippen LogP contribution < -0.4 is 0 Å². The standard InChI is InChI=1S/C20H23NO3/c1-14-3-7-16(8-4-14)18-21-19(17-9-5-15(2)6-10-17)24-13-20(21,11-22)12-23-18/h3-10,18-19,22H,11-13H2,1-2H3/t18-,19-/m1/s1. The van der Waals surface area contributed by atoms with Gasteiger partial charge in [-0.1, -0.05) is 59.7 Å². The molecule has 0 radical (unpaired) electrons. The molecule has 0 unspecified atom stereocenters. The van der Waals surface area contributed by atoms with Gasteiger partial charge >= 0.3 is 0 Å². The molecular weight excluding hydrogens is 302 g/mol. The molecule has 126 valence electrons. The van der Waals surface area contributed by atoms with Crippen molar-refractivity contribution in [2.45, 2.75) is 31.8 Å². The van der Waals surface area contributed by atoms with Crippen LogP contribution in [-0.2, 0) is 9.47 Å². The lowest BCUT2D eigenvalue weighted by molar-refractivity contribution is -0.0630. The van der Waals surface area contributed by atoms with Crippen molar-refractivity contribution in [1.29, 1.82) is 0 Å². The van der Waals surface area contributed by atoms with Crippen LogP contribution >= 0.6 is 0 Å². The lowest BCUT2D eigenvalue weighted by atomic mass is 10.0. The lowest BCUT2D eigenvalue weighted by Gasteiger charge is -2.33. The Morgan fingerprint density at radius 2 is 1.29 bits per heavy atom. The molecule has 24 heavy (non-hydrogen) atoms. The molecule has 1 N–H and O–H groups in total. The number of hydrogen-bond donors (Lipinski definition) is 1.